The van der Waals surface area contributed by atoms with Crippen molar-refractivity contribution in [3.8, 4) is 0 Å². The van der Waals surface area contributed by atoms with Gasteiger partial charge in [-0.2, -0.15) is 0 Å². The molecule has 0 saturated carbocycles. The molecule has 0 aliphatic rings. The zero-order chi connectivity index (χ0) is 19.9. The molecule has 0 bridgehead atoms. The molecule has 9 heteroatoms. The molecular weight excluding hydrogens is 374 g/mol. The summed E-state index contributed by atoms with van der Waals surface area (Å²) in [4.78, 5) is 27.9. The van der Waals surface area contributed by atoms with Crippen molar-refractivity contribution in [2.75, 3.05) is 23.3 Å². The van der Waals surface area contributed by atoms with Gasteiger partial charge >= 0.3 is 0 Å². The molecule has 2 aromatic heterocycles. The molecule has 2 heterocycles. The molecule has 3 aromatic rings. The number of nitrogens with zero attached hydrogens (tertiary/aromatic N) is 4. The largest absolute Gasteiger partial charge is 0.383 e. The number of benzene rings is 1. The Morgan fingerprint density at radius 1 is 1.29 bits per heavy atom. The van der Waals surface area contributed by atoms with Gasteiger partial charge in [0.2, 0.25) is 0 Å². The first-order valence-corrected chi connectivity index (χ1v) is 9.43. The number of carbonyl (C=O) groups excluding carboxylic acids is 1. The van der Waals surface area contributed by atoms with Crippen LogP contribution in [0.25, 0.3) is 16.6 Å². The molecule has 0 spiro atoms. The van der Waals surface area contributed by atoms with Crippen LogP contribution in [0.5, 0.6) is 0 Å². The normalized spacial score (nSPS) is 11.4. The van der Waals surface area contributed by atoms with Crippen LogP contribution in [0.2, 0.25) is 0 Å². The number of nitrogen functional groups attached to an aromatic ring is 1. The van der Waals surface area contributed by atoms with E-state index in [-0.39, 0.29) is 0 Å². The highest BCUT2D eigenvalue weighted by Crippen LogP contribution is 2.25. The van der Waals surface area contributed by atoms with E-state index in [4.69, 9.17) is 11.5 Å². The SMILES string of the molecule is C=N/C(=C\SCCNc1ncccc1C(N)=O)c1ccc2ncnc(N)c2c1. The zero-order valence-corrected chi connectivity index (χ0v) is 15.8. The molecule has 0 fully saturated rings. The minimum atomic E-state index is -0.513. The van der Waals surface area contributed by atoms with Crippen molar-refractivity contribution in [1.82, 2.24) is 15.0 Å². The summed E-state index contributed by atoms with van der Waals surface area (Å²) >= 11 is 1.56. The van der Waals surface area contributed by atoms with Gasteiger partial charge in [-0.15, -0.1) is 11.8 Å². The fourth-order valence-electron chi connectivity index (χ4n) is 2.54. The number of amides is 1. The number of hydrogen-bond donors (Lipinski definition) is 3. The summed E-state index contributed by atoms with van der Waals surface area (Å²) in [6.45, 7) is 4.24. The van der Waals surface area contributed by atoms with Crippen LogP contribution in [-0.4, -0.2) is 39.9 Å². The van der Waals surface area contributed by atoms with Crippen LogP contribution in [0.3, 0.4) is 0 Å². The molecule has 0 radical (unpaired) electrons. The molecule has 3 rings (SSSR count). The van der Waals surface area contributed by atoms with E-state index in [1.165, 1.54) is 6.33 Å². The van der Waals surface area contributed by atoms with E-state index >= 15 is 0 Å². The number of aromatic nitrogens is 3. The van der Waals surface area contributed by atoms with Crippen LogP contribution in [0, 0.1) is 0 Å². The van der Waals surface area contributed by atoms with Crippen molar-refractivity contribution in [2.24, 2.45) is 10.7 Å². The Morgan fingerprint density at radius 2 is 2.14 bits per heavy atom. The van der Waals surface area contributed by atoms with E-state index in [2.05, 4.69) is 32.0 Å². The van der Waals surface area contributed by atoms with E-state index < -0.39 is 5.91 Å². The van der Waals surface area contributed by atoms with Gasteiger partial charge in [0.25, 0.3) is 5.91 Å². The standard InChI is InChI=1S/C19H19N7OS/c1-22-16(12-4-5-15-14(9-12)17(20)26-11-25-15)10-28-8-7-24-19-13(18(21)27)3-2-6-23-19/h2-6,9-11H,1,7-8H2,(H2,21,27)(H,23,24)(H2,20,25,26)/b16-10-. The number of fused-ring (bicyclic) bond motifs is 1. The number of primary amides is 1. The third-order valence-electron chi connectivity index (χ3n) is 3.91. The van der Waals surface area contributed by atoms with Crippen LogP contribution >= 0.6 is 11.8 Å². The summed E-state index contributed by atoms with van der Waals surface area (Å²) in [5.41, 5.74) is 14.0. The Kier molecular flexibility index (Phi) is 6.18. The maximum atomic E-state index is 11.4. The molecule has 0 saturated heterocycles. The maximum Gasteiger partial charge on any atom is 0.252 e. The lowest BCUT2D eigenvalue weighted by Crippen LogP contribution is -2.16. The Bertz CT molecular complexity index is 1050. The van der Waals surface area contributed by atoms with Crippen molar-refractivity contribution in [3.05, 3.63) is 59.4 Å². The van der Waals surface area contributed by atoms with Crippen molar-refractivity contribution < 1.29 is 4.79 Å². The lowest BCUT2D eigenvalue weighted by atomic mass is 10.1. The van der Waals surface area contributed by atoms with E-state index in [0.29, 0.717) is 23.7 Å². The monoisotopic (exact) mass is 393 g/mol. The lowest BCUT2D eigenvalue weighted by Gasteiger charge is -2.08. The predicted octanol–water partition coefficient (Wildman–Crippen LogP) is 2.55. The molecule has 1 aromatic carbocycles. The Labute approximate surface area is 166 Å². The number of anilines is 2. The van der Waals surface area contributed by atoms with E-state index in [1.54, 1.807) is 30.1 Å². The lowest BCUT2D eigenvalue weighted by molar-refractivity contribution is 0.100. The van der Waals surface area contributed by atoms with E-state index in [9.17, 15) is 4.79 Å². The van der Waals surface area contributed by atoms with Crippen molar-refractivity contribution in [3.63, 3.8) is 0 Å². The summed E-state index contributed by atoms with van der Waals surface area (Å²) in [7, 11) is 0. The number of rotatable bonds is 8. The van der Waals surface area contributed by atoms with E-state index in [0.717, 1.165) is 27.9 Å². The second-order valence-electron chi connectivity index (χ2n) is 5.71. The van der Waals surface area contributed by atoms with Gasteiger partial charge in [-0.05, 0) is 36.4 Å². The third kappa shape index (κ3) is 4.44. The highest BCUT2D eigenvalue weighted by molar-refractivity contribution is 8.02. The molecule has 0 atom stereocenters. The summed E-state index contributed by atoms with van der Waals surface area (Å²) in [6.07, 6.45) is 3.05. The molecule has 1 amide bonds. The van der Waals surface area contributed by atoms with Gasteiger partial charge in [0, 0.05) is 29.4 Å². The highest BCUT2D eigenvalue weighted by atomic mass is 32.2. The third-order valence-corrected chi connectivity index (χ3v) is 4.74. The summed E-state index contributed by atoms with van der Waals surface area (Å²) in [5.74, 6) is 1.12. The summed E-state index contributed by atoms with van der Waals surface area (Å²) in [5, 5.41) is 5.81. The zero-order valence-electron chi connectivity index (χ0n) is 15.0. The Hall–Kier alpha value is -3.46. The first kappa shape index (κ1) is 19.3. The van der Waals surface area contributed by atoms with Crippen LogP contribution in [0.1, 0.15) is 15.9 Å². The number of pyridine rings is 1. The van der Waals surface area contributed by atoms with Crippen LogP contribution < -0.4 is 16.8 Å². The summed E-state index contributed by atoms with van der Waals surface area (Å²) in [6, 6.07) is 9.00. The molecule has 28 heavy (non-hydrogen) atoms. The average Bonchev–Trinajstić information content (AvgIpc) is 2.71. The van der Waals surface area contributed by atoms with Crippen molar-refractivity contribution in [1.29, 1.82) is 0 Å². The first-order valence-electron chi connectivity index (χ1n) is 8.38. The van der Waals surface area contributed by atoms with Gasteiger partial charge in [0.15, 0.2) is 0 Å². The maximum absolute atomic E-state index is 11.4. The van der Waals surface area contributed by atoms with E-state index in [1.807, 2.05) is 23.6 Å². The van der Waals surface area contributed by atoms with Gasteiger partial charge in [0.05, 0.1) is 16.8 Å². The minimum Gasteiger partial charge on any atom is -0.383 e. The number of hydrogen-bond acceptors (Lipinski definition) is 8. The fraction of sp³-hybridized carbons (Fsp3) is 0.105. The first-order chi connectivity index (χ1) is 13.6. The van der Waals surface area contributed by atoms with Crippen LogP contribution in [0.4, 0.5) is 11.6 Å². The Balaban J connectivity index is 1.64. The van der Waals surface area contributed by atoms with Gasteiger partial charge in [-0.3, -0.25) is 9.79 Å². The number of nitrogens with two attached hydrogens (primary N) is 2. The molecule has 0 aliphatic carbocycles. The quantitative estimate of drug-likeness (QED) is 0.396. The van der Waals surface area contributed by atoms with Gasteiger partial charge in [-0.1, -0.05) is 6.07 Å². The molecule has 142 valence electrons. The predicted molar refractivity (Wildman–Crippen MR) is 115 cm³/mol. The van der Waals surface area contributed by atoms with Gasteiger partial charge in [0.1, 0.15) is 18.0 Å². The average molecular weight is 393 g/mol. The van der Waals surface area contributed by atoms with Gasteiger partial charge in [-0.25, -0.2) is 15.0 Å². The van der Waals surface area contributed by atoms with Crippen molar-refractivity contribution in [2.45, 2.75) is 0 Å². The molecule has 0 aliphatic heterocycles. The second kappa shape index (κ2) is 8.96. The second-order valence-corrected chi connectivity index (χ2v) is 6.69. The topological polar surface area (TPSA) is 132 Å². The fourth-order valence-corrected chi connectivity index (χ4v) is 3.25. The van der Waals surface area contributed by atoms with Gasteiger partial charge < -0.3 is 16.8 Å². The Morgan fingerprint density at radius 3 is 2.93 bits per heavy atom. The van der Waals surface area contributed by atoms with Crippen LogP contribution in [-0.2, 0) is 0 Å². The van der Waals surface area contributed by atoms with Crippen molar-refractivity contribution >= 4 is 52.6 Å². The highest BCUT2D eigenvalue weighted by Gasteiger charge is 2.08. The molecule has 0 unspecified atom stereocenters. The van der Waals surface area contributed by atoms with Crippen LogP contribution in [0.15, 0.2) is 53.3 Å². The smallest absolute Gasteiger partial charge is 0.252 e. The molecule has 8 nitrogen and oxygen atoms in total. The number of nitrogens with one attached hydrogen (secondary N) is 1. The minimum absolute atomic E-state index is 0.368. The number of aliphatic imine (C=N–C) groups is 1. The number of carbonyl (C=O) groups is 1. The molecular formula is C19H19N7OS. The molecule has 5 N–H and O–H groups in total. The summed E-state index contributed by atoms with van der Waals surface area (Å²) < 4.78 is 0. The number of thioether (sulfide) groups is 1.